The molecule has 10 heavy (non-hydrogen) atoms. The third kappa shape index (κ3) is 0.665. The van der Waals surface area contributed by atoms with Crippen LogP contribution in [0.1, 0.15) is 17.5 Å². The van der Waals surface area contributed by atoms with Gasteiger partial charge >= 0.3 is 0 Å². The molecular formula is C10H9+. The molecule has 1 aromatic carbocycles. The molecule has 0 unspecified atom stereocenters. The highest BCUT2D eigenvalue weighted by Gasteiger charge is 2.22. The van der Waals surface area contributed by atoms with Crippen molar-refractivity contribution >= 4 is 5.57 Å². The molecular weight excluding hydrogens is 120 g/mol. The highest BCUT2D eigenvalue weighted by atomic mass is 14.2. The summed E-state index contributed by atoms with van der Waals surface area (Å²) >= 11 is 0. The third-order valence-corrected chi connectivity index (χ3v) is 2.03. The van der Waals surface area contributed by atoms with Gasteiger partial charge in [-0.1, -0.05) is 6.07 Å². The Kier molecular flexibility index (Phi) is 1.09. The molecule has 0 saturated carbocycles. The van der Waals surface area contributed by atoms with E-state index in [4.69, 9.17) is 6.58 Å². The number of aryl methyl sites for hydroxylation is 1. The molecule has 0 heteroatoms. The van der Waals surface area contributed by atoms with Gasteiger partial charge in [-0.25, -0.2) is 0 Å². The first kappa shape index (κ1) is 5.64. The van der Waals surface area contributed by atoms with E-state index in [-0.39, 0.29) is 0 Å². The first-order valence-electron chi connectivity index (χ1n) is 3.57. The minimum absolute atomic E-state index is 1.04. The Morgan fingerprint density at radius 3 is 2.70 bits per heavy atom. The third-order valence-electron chi connectivity index (χ3n) is 2.03. The maximum Gasteiger partial charge on any atom is 0.172 e. The molecule has 0 spiro atoms. The number of rotatable bonds is 0. The van der Waals surface area contributed by atoms with Crippen LogP contribution in [-0.4, -0.2) is 0 Å². The molecule has 0 bridgehead atoms. The fourth-order valence-electron chi connectivity index (χ4n) is 1.46. The lowest BCUT2D eigenvalue weighted by atomic mass is 10.1. The molecule has 0 N–H and O–H groups in total. The van der Waals surface area contributed by atoms with Gasteiger partial charge in [0.15, 0.2) is 5.57 Å². The average molecular weight is 129 g/mol. The standard InChI is InChI=1S/C10H9/c1-8-6-7-9-4-2-3-5-10(8)9/h1-5H,6-7H2/q+1. The molecule has 0 saturated heterocycles. The minimum atomic E-state index is 1.04. The van der Waals surface area contributed by atoms with Gasteiger partial charge < -0.3 is 0 Å². The van der Waals surface area contributed by atoms with E-state index in [9.17, 15) is 0 Å². The van der Waals surface area contributed by atoms with Crippen molar-refractivity contribution in [2.24, 2.45) is 0 Å². The lowest BCUT2D eigenvalue weighted by molar-refractivity contribution is 1.08. The largest absolute Gasteiger partial charge is 0.172 e. The Morgan fingerprint density at radius 1 is 1.10 bits per heavy atom. The van der Waals surface area contributed by atoms with Crippen molar-refractivity contribution in [3.05, 3.63) is 42.0 Å². The number of allylic oxidation sites excluding steroid dienone is 1. The van der Waals surface area contributed by atoms with Gasteiger partial charge in [-0.15, -0.1) is 0 Å². The molecule has 0 aliphatic heterocycles. The van der Waals surface area contributed by atoms with Gasteiger partial charge in [0.2, 0.25) is 0 Å². The zero-order valence-corrected chi connectivity index (χ0v) is 5.80. The summed E-state index contributed by atoms with van der Waals surface area (Å²) in [6.07, 6.45) is 2.17. The molecule has 0 heterocycles. The molecule has 48 valence electrons. The lowest BCUT2D eigenvalue weighted by Crippen LogP contribution is -1.76. The maximum absolute atomic E-state index is 5.76. The van der Waals surface area contributed by atoms with Crippen LogP contribution in [0.25, 0.3) is 5.57 Å². The molecule has 0 amide bonds. The molecule has 0 atom stereocenters. The van der Waals surface area contributed by atoms with Gasteiger partial charge in [-0.2, -0.15) is 0 Å². The second kappa shape index (κ2) is 1.93. The monoisotopic (exact) mass is 129 g/mol. The Hall–Kier alpha value is -1.13. The number of fused-ring (bicyclic) bond motifs is 1. The Balaban J connectivity index is 2.61. The van der Waals surface area contributed by atoms with Crippen LogP contribution < -0.4 is 0 Å². The minimum Gasteiger partial charge on any atom is -0.0583 e. The van der Waals surface area contributed by atoms with Crippen molar-refractivity contribution < 1.29 is 0 Å². The summed E-state index contributed by atoms with van der Waals surface area (Å²) in [6, 6.07) is 8.35. The Labute approximate surface area is 61.2 Å². The fourth-order valence-corrected chi connectivity index (χ4v) is 1.46. The maximum atomic E-state index is 5.76. The number of benzene rings is 1. The molecule has 1 aromatic rings. The molecule has 1 aliphatic rings. The number of hydrogen-bond acceptors (Lipinski definition) is 0. The van der Waals surface area contributed by atoms with Gasteiger partial charge in [0.05, 0.1) is 6.58 Å². The van der Waals surface area contributed by atoms with Crippen molar-refractivity contribution in [3.8, 4) is 0 Å². The molecule has 0 radical (unpaired) electrons. The van der Waals surface area contributed by atoms with Crippen molar-refractivity contribution in [1.29, 1.82) is 0 Å². The normalized spacial score (nSPS) is 15.3. The summed E-state index contributed by atoms with van der Waals surface area (Å²) in [5.41, 5.74) is 3.72. The Bertz CT molecular complexity index is 271. The van der Waals surface area contributed by atoms with E-state index in [1.807, 2.05) is 6.07 Å². The van der Waals surface area contributed by atoms with Crippen LogP contribution in [-0.2, 0) is 6.42 Å². The van der Waals surface area contributed by atoms with E-state index in [0.717, 1.165) is 18.4 Å². The molecule has 0 nitrogen and oxygen atoms in total. The van der Waals surface area contributed by atoms with Gasteiger partial charge in [-0.3, -0.25) is 0 Å². The summed E-state index contributed by atoms with van der Waals surface area (Å²) in [4.78, 5) is 0. The first-order chi connectivity index (χ1) is 4.88. The van der Waals surface area contributed by atoms with Crippen LogP contribution in [0.2, 0.25) is 0 Å². The lowest BCUT2D eigenvalue weighted by Gasteiger charge is -1.85. The number of hydrogen-bond donors (Lipinski definition) is 0. The first-order valence-corrected chi connectivity index (χ1v) is 3.57. The summed E-state index contributed by atoms with van der Waals surface area (Å²) in [5, 5.41) is 0. The van der Waals surface area contributed by atoms with E-state index in [1.165, 1.54) is 11.1 Å². The zero-order valence-electron chi connectivity index (χ0n) is 5.80. The average Bonchev–Trinajstić information content (AvgIpc) is 2.34. The summed E-state index contributed by atoms with van der Waals surface area (Å²) in [6.45, 7) is 5.76. The van der Waals surface area contributed by atoms with E-state index in [0.29, 0.717) is 0 Å². The van der Waals surface area contributed by atoms with Gasteiger partial charge in [-0.05, 0) is 12.1 Å². The van der Waals surface area contributed by atoms with Gasteiger partial charge in [0, 0.05) is 24.5 Å². The summed E-state index contributed by atoms with van der Waals surface area (Å²) in [5.74, 6) is 0. The van der Waals surface area contributed by atoms with Gasteiger partial charge in [0.25, 0.3) is 0 Å². The van der Waals surface area contributed by atoms with Crippen molar-refractivity contribution in [1.82, 2.24) is 0 Å². The predicted molar refractivity (Wildman–Crippen MR) is 42.5 cm³/mol. The van der Waals surface area contributed by atoms with Crippen LogP contribution in [0.3, 0.4) is 0 Å². The summed E-state index contributed by atoms with van der Waals surface area (Å²) < 4.78 is 0. The van der Waals surface area contributed by atoms with Crippen LogP contribution in [0.5, 0.6) is 0 Å². The molecule has 2 rings (SSSR count). The van der Waals surface area contributed by atoms with Crippen LogP contribution in [0.4, 0.5) is 0 Å². The second-order valence-corrected chi connectivity index (χ2v) is 2.68. The van der Waals surface area contributed by atoms with Crippen molar-refractivity contribution in [2.75, 3.05) is 0 Å². The van der Waals surface area contributed by atoms with E-state index in [2.05, 4.69) is 18.2 Å². The quantitative estimate of drug-likeness (QED) is 0.472. The topological polar surface area (TPSA) is 0 Å². The summed E-state index contributed by atoms with van der Waals surface area (Å²) in [7, 11) is 0. The van der Waals surface area contributed by atoms with E-state index >= 15 is 0 Å². The van der Waals surface area contributed by atoms with Crippen LogP contribution in [0.15, 0.2) is 24.3 Å². The predicted octanol–water partition coefficient (Wildman–Crippen LogP) is 2.45. The smallest absolute Gasteiger partial charge is 0.0583 e. The zero-order chi connectivity index (χ0) is 6.97. The van der Waals surface area contributed by atoms with Crippen LogP contribution in [0, 0.1) is 6.58 Å². The highest BCUT2D eigenvalue weighted by molar-refractivity contribution is 5.69. The van der Waals surface area contributed by atoms with E-state index < -0.39 is 0 Å². The van der Waals surface area contributed by atoms with Crippen molar-refractivity contribution in [3.63, 3.8) is 0 Å². The van der Waals surface area contributed by atoms with E-state index in [1.54, 1.807) is 0 Å². The highest BCUT2D eigenvalue weighted by Crippen LogP contribution is 2.29. The van der Waals surface area contributed by atoms with Crippen molar-refractivity contribution in [2.45, 2.75) is 12.8 Å². The fraction of sp³-hybridized carbons (Fsp3) is 0.200. The SMILES string of the molecule is [CH+]=C1CCc2ccccc21. The molecule has 0 fully saturated rings. The molecule has 1 aliphatic carbocycles. The Morgan fingerprint density at radius 2 is 1.90 bits per heavy atom. The van der Waals surface area contributed by atoms with Gasteiger partial charge in [0.1, 0.15) is 5.56 Å². The van der Waals surface area contributed by atoms with Crippen LogP contribution >= 0.6 is 0 Å². The molecule has 0 aromatic heterocycles. The second-order valence-electron chi connectivity index (χ2n) is 2.68.